The summed E-state index contributed by atoms with van der Waals surface area (Å²) in [5, 5.41) is 1.54. The number of aryl methyl sites for hydroxylation is 2. The number of ether oxygens (including phenoxy) is 2. The van der Waals surface area contributed by atoms with Crippen molar-refractivity contribution in [2.24, 2.45) is 0 Å². The molecule has 0 unspecified atom stereocenters. The summed E-state index contributed by atoms with van der Waals surface area (Å²) in [5.41, 5.74) is 1.80. The maximum Gasteiger partial charge on any atom is 0.310 e. The molecule has 0 saturated carbocycles. The third-order valence-electron chi connectivity index (χ3n) is 3.41. The van der Waals surface area contributed by atoms with Gasteiger partial charge in [-0.15, -0.1) is 0 Å². The Kier molecular flexibility index (Phi) is 4.81. The predicted octanol–water partition coefficient (Wildman–Crippen LogP) is 4.09. The minimum Gasteiger partial charge on any atom is -0.426 e. The second-order valence-corrected chi connectivity index (χ2v) is 5.23. The highest BCUT2D eigenvalue weighted by Crippen LogP contribution is 2.37. The van der Waals surface area contributed by atoms with Crippen LogP contribution in [0.3, 0.4) is 0 Å². The van der Waals surface area contributed by atoms with Gasteiger partial charge in [-0.25, -0.2) is 0 Å². The number of fused-ring (bicyclic) bond motifs is 1. The molecule has 2 rings (SSSR count). The van der Waals surface area contributed by atoms with Crippen molar-refractivity contribution in [1.29, 1.82) is 0 Å². The first-order valence-corrected chi connectivity index (χ1v) is 7.41. The van der Waals surface area contributed by atoms with E-state index >= 15 is 0 Å². The summed E-state index contributed by atoms with van der Waals surface area (Å²) < 4.78 is 10.9. The minimum absolute atomic E-state index is 0.288. The van der Waals surface area contributed by atoms with Crippen molar-refractivity contribution >= 4 is 22.7 Å². The van der Waals surface area contributed by atoms with Crippen molar-refractivity contribution in [3.63, 3.8) is 0 Å². The number of carbonyl (C=O) groups is 2. The van der Waals surface area contributed by atoms with Crippen LogP contribution in [0, 0.1) is 13.8 Å². The average molecular weight is 300 g/mol. The van der Waals surface area contributed by atoms with E-state index in [9.17, 15) is 9.59 Å². The molecule has 116 valence electrons. The molecule has 2 aromatic rings. The zero-order valence-corrected chi connectivity index (χ0v) is 13.4. The van der Waals surface area contributed by atoms with Crippen LogP contribution in [0.15, 0.2) is 24.3 Å². The SMILES string of the molecule is CCC(=O)Oc1cc(C)c(OC(=O)CC)c2cc(C)ccc12. The molecule has 0 heterocycles. The minimum atomic E-state index is -0.292. The van der Waals surface area contributed by atoms with Crippen LogP contribution in [0.2, 0.25) is 0 Å². The average Bonchev–Trinajstić information content (AvgIpc) is 2.50. The third kappa shape index (κ3) is 3.27. The molecule has 0 fully saturated rings. The molecule has 0 aliphatic carbocycles. The van der Waals surface area contributed by atoms with Crippen molar-refractivity contribution in [2.75, 3.05) is 0 Å². The van der Waals surface area contributed by atoms with Crippen LogP contribution >= 0.6 is 0 Å². The van der Waals surface area contributed by atoms with Gasteiger partial charge in [-0.1, -0.05) is 31.5 Å². The molecule has 0 aliphatic rings. The highest BCUT2D eigenvalue weighted by molar-refractivity contribution is 5.97. The number of benzene rings is 2. The van der Waals surface area contributed by atoms with Crippen LogP contribution in [-0.2, 0) is 9.59 Å². The summed E-state index contributed by atoms with van der Waals surface area (Å²) >= 11 is 0. The van der Waals surface area contributed by atoms with Crippen LogP contribution in [0.4, 0.5) is 0 Å². The van der Waals surface area contributed by atoms with Gasteiger partial charge in [0.1, 0.15) is 11.5 Å². The quantitative estimate of drug-likeness (QED) is 0.630. The predicted molar refractivity (Wildman–Crippen MR) is 85.3 cm³/mol. The Morgan fingerprint density at radius 1 is 0.909 bits per heavy atom. The van der Waals surface area contributed by atoms with Crippen LogP contribution in [-0.4, -0.2) is 11.9 Å². The Hall–Kier alpha value is -2.36. The standard InChI is InChI=1S/C18H20O4/c1-5-16(19)21-15-10-12(4)18(22-17(20)6-2)14-9-11(3)7-8-13(14)15/h7-10H,5-6H2,1-4H3. The van der Waals surface area contributed by atoms with Crippen molar-refractivity contribution < 1.29 is 19.1 Å². The molecule has 0 N–H and O–H groups in total. The summed E-state index contributed by atoms with van der Waals surface area (Å²) in [4.78, 5) is 23.3. The molecule has 0 amide bonds. The van der Waals surface area contributed by atoms with E-state index in [1.807, 2.05) is 32.0 Å². The number of rotatable bonds is 4. The Morgan fingerprint density at radius 2 is 1.55 bits per heavy atom. The fraction of sp³-hybridized carbons (Fsp3) is 0.333. The second kappa shape index (κ2) is 6.60. The molecule has 0 radical (unpaired) electrons. The van der Waals surface area contributed by atoms with Crippen molar-refractivity contribution in [3.8, 4) is 11.5 Å². The summed E-state index contributed by atoms with van der Waals surface area (Å²) in [5.74, 6) is 0.446. The lowest BCUT2D eigenvalue weighted by atomic mass is 10.0. The van der Waals surface area contributed by atoms with Crippen LogP contribution < -0.4 is 9.47 Å². The van der Waals surface area contributed by atoms with Crippen molar-refractivity contribution in [3.05, 3.63) is 35.4 Å². The fourth-order valence-corrected chi connectivity index (χ4v) is 2.21. The number of hydrogen-bond donors (Lipinski definition) is 0. The molecule has 0 spiro atoms. The molecule has 0 atom stereocenters. The zero-order valence-electron chi connectivity index (χ0n) is 13.4. The van der Waals surface area contributed by atoms with Gasteiger partial charge in [0, 0.05) is 23.6 Å². The number of hydrogen-bond acceptors (Lipinski definition) is 4. The molecule has 0 aliphatic heterocycles. The first kappa shape index (κ1) is 16.0. The van der Waals surface area contributed by atoms with E-state index in [1.165, 1.54) is 0 Å². The van der Waals surface area contributed by atoms with E-state index in [-0.39, 0.29) is 11.9 Å². The Labute approximate surface area is 130 Å². The highest BCUT2D eigenvalue weighted by Gasteiger charge is 2.16. The van der Waals surface area contributed by atoms with Gasteiger partial charge in [-0.2, -0.15) is 0 Å². The first-order chi connectivity index (χ1) is 10.5. The first-order valence-electron chi connectivity index (χ1n) is 7.41. The van der Waals surface area contributed by atoms with Gasteiger partial charge in [-0.05, 0) is 31.5 Å². The maximum atomic E-state index is 11.7. The van der Waals surface area contributed by atoms with Gasteiger partial charge in [0.05, 0.1) is 0 Å². The molecule has 2 aromatic carbocycles. The normalized spacial score (nSPS) is 10.5. The third-order valence-corrected chi connectivity index (χ3v) is 3.41. The topological polar surface area (TPSA) is 52.6 Å². The lowest BCUT2D eigenvalue weighted by Crippen LogP contribution is -2.09. The molecule has 0 aromatic heterocycles. The van der Waals surface area contributed by atoms with Gasteiger partial charge in [-0.3, -0.25) is 9.59 Å². The van der Waals surface area contributed by atoms with E-state index in [4.69, 9.17) is 9.47 Å². The number of carbonyl (C=O) groups excluding carboxylic acids is 2. The van der Waals surface area contributed by atoms with E-state index in [0.717, 1.165) is 21.9 Å². The second-order valence-electron chi connectivity index (χ2n) is 5.23. The Bertz CT molecular complexity index is 731. The Balaban J connectivity index is 2.64. The van der Waals surface area contributed by atoms with E-state index < -0.39 is 0 Å². The van der Waals surface area contributed by atoms with E-state index in [0.29, 0.717) is 24.3 Å². The fourth-order valence-electron chi connectivity index (χ4n) is 2.21. The van der Waals surface area contributed by atoms with Crippen molar-refractivity contribution in [1.82, 2.24) is 0 Å². The largest absolute Gasteiger partial charge is 0.426 e. The van der Waals surface area contributed by atoms with Gasteiger partial charge in [0.25, 0.3) is 0 Å². The molecule has 0 saturated heterocycles. The summed E-state index contributed by atoms with van der Waals surface area (Å²) in [6.45, 7) is 7.30. The maximum absolute atomic E-state index is 11.7. The Morgan fingerprint density at radius 3 is 2.18 bits per heavy atom. The summed E-state index contributed by atoms with van der Waals surface area (Å²) in [7, 11) is 0. The van der Waals surface area contributed by atoms with Gasteiger partial charge < -0.3 is 9.47 Å². The highest BCUT2D eigenvalue weighted by atomic mass is 16.5. The van der Waals surface area contributed by atoms with Crippen LogP contribution in [0.1, 0.15) is 37.8 Å². The summed E-state index contributed by atoms with van der Waals surface area (Å²) in [6, 6.07) is 7.49. The molecule has 4 nitrogen and oxygen atoms in total. The van der Waals surface area contributed by atoms with Crippen LogP contribution in [0.5, 0.6) is 11.5 Å². The van der Waals surface area contributed by atoms with E-state index in [2.05, 4.69) is 0 Å². The number of esters is 2. The summed E-state index contributed by atoms with van der Waals surface area (Å²) in [6.07, 6.45) is 0.609. The molecule has 0 bridgehead atoms. The van der Waals surface area contributed by atoms with Gasteiger partial charge >= 0.3 is 11.9 Å². The molecule has 22 heavy (non-hydrogen) atoms. The van der Waals surface area contributed by atoms with E-state index in [1.54, 1.807) is 19.9 Å². The molecular weight excluding hydrogens is 280 g/mol. The molecular formula is C18H20O4. The zero-order chi connectivity index (χ0) is 16.3. The van der Waals surface area contributed by atoms with Gasteiger partial charge in [0.2, 0.25) is 0 Å². The lowest BCUT2D eigenvalue weighted by Gasteiger charge is -2.14. The van der Waals surface area contributed by atoms with Crippen LogP contribution in [0.25, 0.3) is 10.8 Å². The monoisotopic (exact) mass is 300 g/mol. The van der Waals surface area contributed by atoms with Crippen molar-refractivity contribution in [2.45, 2.75) is 40.5 Å². The van der Waals surface area contributed by atoms with Gasteiger partial charge in [0.15, 0.2) is 0 Å². The lowest BCUT2D eigenvalue weighted by molar-refractivity contribution is -0.135. The molecule has 4 heteroatoms. The smallest absolute Gasteiger partial charge is 0.310 e.